The molecular formula is C25H33NO3. The minimum absolute atomic E-state index is 0.0866. The molecule has 1 N–H and O–H groups in total. The monoisotopic (exact) mass is 395 g/mol. The molecule has 1 aliphatic rings. The van der Waals surface area contributed by atoms with Gasteiger partial charge < -0.3 is 14.8 Å². The van der Waals surface area contributed by atoms with Gasteiger partial charge in [-0.15, -0.1) is 0 Å². The summed E-state index contributed by atoms with van der Waals surface area (Å²) >= 11 is 0. The molecule has 0 aliphatic carbocycles. The summed E-state index contributed by atoms with van der Waals surface area (Å²) in [7, 11) is 0. The summed E-state index contributed by atoms with van der Waals surface area (Å²) < 4.78 is 12.1. The molecule has 156 valence electrons. The van der Waals surface area contributed by atoms with E-state index in [0.29, 0.717) is 18.6 Å². The highest BCUT2D eigenvalue weighted by Gasteiger charge is 2.35. The predicted molar refractivity (Wildman–Crippen MR) is 116 cm³/mol. The zero-order chi connectivity index (χ0) is 21.2. The van der Waals surface area contributed by atoms with Crippen LogP contribution in [0.15, 0.2) is 48.5 Å². The zero-order valence-corrected chi connectivity index (χ0v) is 18.4. The Morgan fingerprint density at radius 1 is 1.17 bits per heavy atom. The van der Waals surface area contributed by atoms with Crippen LogP contribution in [0.2, 0.25) is 0 Å². The molecular weight excluding hydrogens is 362 g/mol. The van der Waals surface area contributed by atoms with Crippen molar-refractivity contribution in [2.24, 2.45) is 0 Å². The molecule has 3 rings (SSSR count). The van der Waals surface area contributed by atoms with E-state index in [2.05, 4.69) is 38.2 Å². The Hall–Kier alpha value is -2.49. The average molecular weight is 396 g/mol. The van der Waals surface area contributed by atoms with Crippen LogP contribution in [-0.4, -0.2) is 17.6 Å². The Balaban J connectivity index is 1.72. The summed E-state index contributed by atoms with van der Waals surface area (Å²) in [5.74, 6) is 1.46. The second-order valence-corrected chi connectivity index (χ2v) is 9.45. The van der Waals surface area contributed by atoms with Crippen LogP contribution in [0, 0.1) is 0 Å². The number of carbonyl (C=O) groups excluding carboxylic acids is 1. The molecule has 0 saturated carbocycles. The van der Waals surface area contributed by atoms with Crippen LogP contribution in [-0.2, 0) is 10.2 Å². The van der Waals surface area contributed by atoms with Crippen LogP contribution < -0.4 is 14.8 Å². The minimum Gasteiger partial charge on any atom is -0.487 e. The van der Waals surface area contributed by atoms with Crippen molar-refractivity contribution in [1.82, 2.24) is 5.32 Å². The number of fused-ring (bicyclic) bond motifs is 1. The summed E-state index contributed by atoms with van der Waals surface area (Å²) in [6.07, 6.45) is 0.779. The van der Waals surface area contributed by atoms with Gasteiger partial charge in [0.2, 0.25) is 0 Å². The van der Waals surface area contributed by atoms with Gasteiger partial charge in [-0.25, -0.2) is 0 Å². The summed E-state index contributed by atoms with van der Waals surface area (Å²) in [4.78, 5) is 13.0. The van der Waals surface area contributed by atoms with Crippen molar-refractivity contribution in [3.8, 4) is 11.5 Å². The second-order valence-electron chi connectivity index (χ2n) is 9.45. The summed E-state index contributed by atoms with van der Waals surface area (Å²) in [6.45, 7) is 12.6. The number of carbonyl (C=O) groups is 1. The van der Waals surface area contributed by atoms with Gasteiger partial charge in [-0.1, -0.05) is 58.0 Å². The number of nitrogens with one attached hydrogen (secondary N) is 1. The van der Waals surface area contributed by atoms with Gasteiger partial charge in [-0.2, -0.15) is 0 Å². The van der Waals surface area contributed by atoms with Gasteiger partial charge >= 0.3 is 0 Å². The average Bonchev–Trinajstić information content (AvgIpc) is 2.64. The van der Waals surface area contributed by atoms with Gasteiger partial charge in [0.05, 0.1) is 6.04 Å². The van der Waals surface area contributed by atoms with Gasteiger partial charge in [0, 0.05) is 12.0 Å². The molecule has 1 heterocycles. The molecule has 4 nitrogen and oxygen atoms in total. The number of hydrogen-bond acceptors (Lipinski definition) is 3. The first-order valence-electron chi connectivity index (χ1n) is 10.4. The molecule has 2 atom stereocenters. The van der Waals surface area contributed by atoms with Gasteiger partial charge in [0.15, 0.2) is 6.10 Å². The molecule has 0 aromatic heterocycles. The molecule has 0 bridgehead atoms. The maximum Gasteiger partial charge on any atom is 0.261 e. The van der Waals surface area contributed by atoms with E-state index in [-0.39, 0.29) is 23.0 Å². The van der Waals surface area contributed by atoms with Crippen LogP contribution in [0.3, 0.4) is 0 Å². The van der Waals surface area contributed by atoms with Crippen molar-refractivity contribution in [3.63, 3.8) is 0 Å². The van der Waals surface area contributed by atoms with E-state index in [1.807, 2.05) is 57.2 Å². The summed E-state index contributed by atoms with van der Waals surface area (Å²) in [5.41, 5.74) is 2.01. The number of hydrogen-bond donors (Lipinski definition) is 1. The highest BCUT2D eigenvalue weighted by molar-refractivity contribution is 5.81. The van der Waals surface area contributed by atoms with Crippen LogP contribution in [0.5, 0.6) is 11.5 Å². The van der Waals surface area contributed by atoms with Gasteiger partial charge in [-0.05, 0) is 49.4 Å². The van der Waals surface area contributed by atoms with Crippen LogP contribution in [0.1, 0.15) is 71.6 Å². The van der Waals surface area contributed by atoms with Gasteiger partial charge in [-0.3, -0.25) is 4.79 Å². The quantitative estimate of drug-likeness (QED) is 0.721. The van der Waals surface area contributed by atoms with E-state index in [0.717, 1.165) is 11.3 Å². The first-order chi connectivity index (χ1) is 13.6. The van der Waals surface area contributed by atoms with Crippen molar-refractivity contribution in [2.75, 3.05) is 0 Å². The molecule has 1 amide bonds. The molecule has 2 aromatic rings. The molecule has 0 unspecified atom stereocenters. The van der Waals surface area contributed by atoms with Crippen molar-refractivity contribution in [2.45, 2.75) is 77.5 Å². The topological polar surface area (TPSA) is 47.6 Å². The maximum absolute atomic E-state index is 13.0. The third kappa shape index (κ3) is 5.11. The summed E-state index contributed by atoms with van der Waals surface area (Å²) in [6, 6.07) is 15.8. The lowest BCUT2D eigenvalue weighted by Crippen LogP contribution is -2.45. The normalized spacial score (nSPS) is 18.9. The number of para-hydroxylation sites is 1. The third-order valence-corrected chi connectivity index (χ3v) is 5.35. The Bertz CT molecular complexity index is 849. The lowest BCUT2D eigenvalue weighted by atomic mass is 9.87. The highest BCUT2D eigenvalue weighted by Crippen LogP contribution is 2.39. The largest absolute Gasteiger partial charge is 0.487 e. The van der Waals surface area contributed by atoms with Gasteiger partial charge in [0.25, 0.3) is 5.91 Å². The Morgan fingerprint density at radius 2 is 1.83 bits per heavy atom. The first kappa shape index (κ1) is 21.2. The fraction of sp³-hybridized carbons (Fsp3) is 0.480. The van der Waals surface area contributed by atoms with E-state index in [4.69, 9.17) is 9.47 Å². The number of benzene rings is 2. The molecule has 0 fully saturated rings. The predicted octanol–water partition coefficient (Wildman–Crippen LogP) is 5.56. The van der Waals surface area contributed by atoms with E-state index >= 15 is 0 Å². The van der Waals surface area contributed by atoms with E-state index in [1.54, 1.807) is 0 Å². The van der Waals surface area contributed by atoms with Crippen molar-refractivity contribution in [3.05, 3.63) is 59.7 Å². The first-order valence-corrected chi connectivity index (χ1v) is 10.4. The Labute approximate surface area is 174 Å². The Morgan fingerprint density at radius 3 is 2.45 bits per heavy atom. The highest BCUT2D eigenvalue weighted by atomic mass is 16.5. The van der Waals surface area contributed by atoms with E-state index < -0.39 is 6.10 Å². The Kier molecular flexibility index (Phi) is 5.92. The SMILES string of the molecule is CC[C@H](Oc1ccc(C(C)(C)C)cc1)C(=O)N[C@@H]1CC(C)(C)Oc2ccccc21. The second kappa shape index (κ2) is 8.10. The molecule has 29 heavy (non-hydrogen) atoms. The van der Waals surface area contributed by atoms with E-state index in [9.17, 15) is 4.79 Å². The fourth-order valence-electron chi connectivity index (χ4n) is 3.72. The van der Waals surface area contributed by atoms with Crippen LogP contribution >= 0.6 is 0 Å². The van der Waals surface area contributed by atoms with Crippen LogP contribution in [0.25, 0.3) is 0 Å². The molecule has 0 saturated heterocycles. The lowest BCUT2D eigenvalue weighted by Gasteiger charge is -2.38. The molecule has 1 aliphatic heterocycles. The lowest BCUT2D eigenvalue weighted by molar-refractivity contribution is -0.129. The minimum atomic E-state index is -0.534. The van der Waals surface area contributed by atoms with Crippen molar-refractivity contribution < 1.29 is 14.3 Å². The third-order valence-electron chi connectivity index (χ3n) is 5.35. The number of amides is 1. The smallest absolute Gasteiger partial charge is 0.261 e. The van der Waals surface area contributed by atoms with Crippen LogP contribution in [0.4, 0.5) is 0 Å². The summed E-state index contributed by atoms with van der Waals surface area (Å²) in [5, 5.41) is 3.19. The number of ether oxygens (including phenoxy) is 2. The maximum atomic E-state index is 13.0. The fourth-order valence-corrected chi connectivity index (χ4v) is 3.72. The molecule has 0 radical (unpaired) electrons. The molecule has 0 spiro atoms. The number of rotatable bonds is 5. The molecule has 4 heteroatoms. The van der Waals surface area contributed by atoms with E-state index in [1.165, 1.54) is 5.56 Å². The van der Waals surface area contributed by atoms with Gasteiger partial charge in [0.1, 0.15) is 17.1 Å². The van der Waals surface area contributed by atoms with Crippen molar-refractivity contribution in [1.29, 1.82) is 0 Å². The van der Waals surface area contributed by atoms with Crippen molar-refractivity contribution >= 4 is 5.91 Å². The standard InChI is InChI=1S/C25H33NO3/c1-7-21(28-18-14-12-17(13-15-18)24(2,3)4)23(27)26-20-16-25(5,6)29-22-11-9-8-10-19(20)22/h8-15,20-21H,7,16H2,1-6H3,(H,26,27)/t20-,21+/m1/s1. The molecule has 2 aromatic carbocycles. The zero-order valence-electron chi connectivity index (χ0n) is 18.4.